The van der Waals surface area contributed by atoms with Crippen LogP contribution in [0.1, 0.15) is 35.7 Å². The third-order valence-corrected chi connectivity index (χ3v) is 4.27. The van der Waals surface area contributed by atoms with Crippen LogP contribution in [0.5, 0.6) is 0 Å². The Balaban J connectivity index is 1.71. The SMILES string of the molecule is CCN(Cc1ccccc1)C(=O)CCCNC(=O)c1ccsc1. The van der Waals surface area contributed by atoms with Crippen molar-refractivity contribution in [2.45, 2.75) is 26.3 Å². The zero-order valence-electron chi connectivity index (χ0n) is 13.3. The molecule has 1 N–H and O–H groups in total. The van der Waals surface area contributed by atoms with Gasteiger partial charge in [-0.15, -0.1) is 0 Å². The van der Waals surface area contributed by atoms with Gasteiger partial charge in [-0.25, -0.2) is 0 Å². The molecule has 0 unspecified atom stereocenters. The van der Waals surface area contributed by atoms with Crippen molar-refractivity contribution in [1.82, 2.24) is 10.2 Å². The van der Waals surface area contributed by atoms with Crippen molar-refractivity contribution in [2.24, 2.45) is 0 Å². The number of rotatable bonds is 8. The van der Waals surface area contributed by atoms with Gasteiger partial charge >= 0.3 is 0 Å². The van der Waals surface area contributed by atoms with Gasteiger partial charge in [0.15, 0.2) is 0 Å². The first-order valence-electron chi connectivity index (χ1n) is 7.82. The predicted molar refractivity (Wildman–Crippen MR) is 93.4 cm³/mol. The van der Waals surface area contributed by atoms with Crippen molar-refractivity contribution >= 4 is 23.2 Å². The Hall–Kier alpha value is -2.14. The average Bonchev–Trinajstić information content (AvgIpc) is 3.11. The number of benzene rings is 1. The summed E-state index contributed by atoms with van der Waals surface area (Å²) < 4.78 is 0. The summed E-state index contributed by atoms with van der Waals surface area (Å²) in [5, 5.41) is 6.54. The van der Waals surface area contributed by atoms with Crippen LogP contribution in [0.3, 0.4) is 0 Å². The summed E-state index contributed by atoms with van der Waals surface area (Å²) in [6.07, 6.45) is 1.10. The summed E-state index contributed by atoms with van der Waals surface area (Å²) in [5.74, 6) is 0.0523. The minimum atomic E-state index is -0.0738. The Morgan fingerprint density at radius 2 is 1.96 bits per heavy atom. The molecule has 0 saturated carbocycles. The molecule has 0 aliphatic heterocycles. The van der Waals surface area contributed by atoms with E-state index in [1.165, 1.54) is 11.3 Å². The van der Waals surface area contributed by atoms with Crippen LogP contribution < -0.4 is 5.32 Å². The van der Waals surface area contributed by atoms with E-state index in [1.807, 2.05) is 52.9 Å². The number of nitrogens with one attached hydrogen (secondary N) is 1. The topological polar surface area (TPSA) is 49.4 Å². The van der Waals surface area contributed by atoms with Crippen molar-refractivity contribution in [2.75, 3.05) is 13.1 Å². The highest BCUT2D eigenvalue weighted by molar-refractivity contribution is 7.08. The lowest BCUT2D eigenvalue weighted by molar-refractivity contribution is -0.131. The highest BCUT2D eigenvalue weighted by atomic mass is 32.1. The molecule has 0 aliphatic rings. The molecule has 122 valence electrons. The molecule has 2 aromatic rings. The highest BCUT2D eigenvalue weighted by Gasteiger charge is 2.12. The minimum Gasteiger partial charge on any atom is -0.352 e. The molecular weight excluding hydrogens is 308 g/mol. The lowest BCUT2D eigenvalue weighted by atomic mass is 10.2. The van der Waals surface area contributed by atoms with Gasteiger partial charge in [-0.2, -0.15) is 11.3 Å². The third kappa shape index (κ3) is 5.53. The van der Waals surface area contributed by atoms with Gasteiger partial charge in [0, 0.05) is 37.0 Å². The van der Waals surface area contributed by atoms with Gasteiger partial charge < -0.3 is 10.2 Å². The van der Waals surface area contributed by atoms with Crippen LogP contribution in [0.2, 0.25) is 0 Å². The molecule has 0 bridgehead atoms. The summed E-state index contributed by atoms with van der Waals surface area (Å²) in [4.78, 5) is 25.9. The Morgan fingerprint density at radius 1 is 1.17 bits per heavy atom. The third-order valence-electron chi connectivity index (χ3n) is 3.59. The van der Waals surface area contributed by atoms with Crippen LogP contribution in [0, 0.1) is 0 Å². The maximum Gasteiger partial charge on any atom is 0.252 e. The second-order valence-corrected chi connectivity index (χ2v) is 6.05. The van der Waals surface area contributed by atoms with E-state index in [0.29, 0.717) is 38.0 Å². The molecule has 1 aromatic carbocycles. The molecule has 0 atom stereocenters. The normalized spacial score (nSPS) is 10.3. The minimum absolute atomic E-state index is 0.0738. The molecular formula is C18H22N2O2S. The first-order valence-corrected chi connectivity index (χ1v) is 8.77. The highest BCUT2D eigenvalue weighted by Crippen LogP contribution is 2.07. The molecule has 0 saturated heterocycles. The smallest absolute Gasteiger partial charge is 0.252 e. The van der Waals surface area contributed by atoms with Crippen LogP contribution in [0.25, 0.3) is 0 Å². The van der Waals surface area contributed by atoms with Crippen LogP contribution >= 0.6 is 11.3 Å². The van der Waals surface area contributed by atoms with E-state index < -0.39 is 0 Å². The molecule has 2 amide bonds. The predicted octanol–water partition coefficient (Wildman–Crippen LogP) is 3.31. The van der Waals surface area contributed by atoms with Gasteiger partial charge in [-0.05, 0) is 30.4 Å². The zero-order chi connectivity index (χ0) is 16.5. The standard InChI is InChI=1S/C18H22N2O2S/c1-2-20(13-15-7-4-3-5-8-15)17(21)9-6-11-19-18(22)16-10-12-23-14-16/h3-5,7-8,10,12,14H,2,6,9,11,13H2,1H3,(H,19,22). The molecule has 1 heterocycles. The van der Waals surface area contributed by atoms with Gasteiger partial charge in [0.25, 0.3) is 5.91 Å². The quantitative estimate of drug-likeness (QED) is 0.755. The molecule has 1 aromatic heterocycles. The maximum absolute atomic E-state index is 12.3. The number of carbonyl (C=O) groups excluding carboxylic acids is 2. The summed E-state index contributed by atoms with van der Waals surface area (Å²) in [6, 6.07) is 11.8. The second-order valence-electron chi connectivity index (χ2n) is 5.26. The van der Waals surface area contributed by atoms with E-state index in [2.05, 4.69) is 5.32 Å². The van der Waals surface area contributed by atoms with Gasteiger partial charge in [-0.1, -0.05) is 30.3 Å². The molecule has 2 rings (SSSR count). The molecule has 0 spiro atoms. The van der Waals surface area contributed by atoms with Crippen LogP contribution in [-0.4, -0.2) is 29.8 Å². The van der Waals surface area contributed by atoms with E-state index in [0.717, 1.165) is 5.56 Å². The Bertz CT molecular complexity index is 611. The van der Waals surface area contributed by atoms with E-state index in [9.17, 15) is 9.59 Å². The fourth-order valence-corrected chi connectivity index (χ4v) is 2.91. The molecule has 0 fully saturated rings. The Kier molecular flexibility index (Phi) is 6.81. The zero-order valence-corrected chi connectivity index (χ0v) is 14.1. The van der Waals surface area contributed by atoms with Gasteiger partial charge in [0.2, 0.25) is 5.91 Å². The van der Waals surface area contributed by atoms with Crippen LogP contribution in [-0.2, 0) is 11.3 Å². The van der Waals surface area contributed by atoms with Crippen molar-refractivity contribution < 1.29 is 9.59 Å². The fraction of sp³-hybridized carbons (Fsp3) is 0.333. The lowest BCUT2D eigenvalue weighted by Crippen LogP contribution is -2.31. The molecule has 0 radical (unpaired) electrons. The number of hydrogen-bond donors (Lipinski definition) is 1. The van der Waals surface area contributed by atoms with Gasteiger partial charge in [0.05, 0.1) is 0 Å². The number of nitrogens with zero attached hydrogens (tertiary/aromatic N) is 1. The lowest BCUT2D eigenvalue weighted by Gasteiger charge is -2.21. The Morgan fingerprint density at radius 3 is 2.61 bits per heavy atom. The number of amides is 2. The number of carbonyl (C=O) groups is 2. The maximum atomic E-state index is 12.3. The second kappa shape index (κ2) is 9.10. The van der Waals surface area contributed by atoms with E-state index >= 15 is 0 Å². The van der Waals surface area contributed by atoms with E-state index in [4.69, 9.17) is 0 Å². The average molecular weight is 330 g/mol. The monoisotopic (exact) mass is 330 g/mol. The van der Waals surface area contributed by atoms with Gasteiger partial charge in [-0.3, -0.25) is 9.59 Å². The summed E-state index contributed by atoms with van der Waals surface area (Å²) in [6.45, 7) is 3.83. The molecule has 23 heavy (non-hydrogen) atoms. The van der Waals surface area contributed by atoms with Crippen LogP contribution in [0.4, 0.5) is 0 Å². The van der Waals surface area contributed by atoms with Crippen molar-refractivity contribution in [1.29, 1.82) is 0 Å². The van der Waals surface area contributed by atoms with Crippen molar-refractivity contribution in [3.8, 4) is 0 Å². The van der Waals surface area contributed by atoms with Gasteiger partial charge in [0.1, 0.15) is 0 Å². The Labute approximate surface area is 141 Å². The molecule has 4 nitrogen and oxygen atoms in total. The van der Waals surface area contributed by atoms with Crippen LogP contribution in [0.15, 0.2) is 47.2 Å². The molecule has 0 aliphatic carbocycles. The van der Waals surface area contributed by atoms with Crippen molar-refractivity contribution in [3.05, 3.63) is 58.3 Å². The molecule has 5 heteroatoms. The fourth-order valence-electron chi connectivity index (χ4n) is 2.28. The van der Waals surface area contributed by atoms with E-state index in [1.54, 1.807) is 6.07 Å². The number of thiophene rings is 1. The summed E-state index contributed by atoms with van der Waals surface area (Å²) >= 11 is 1.50. The largest absolute Gasteiger partial charge is 0.352 e. The first-order chi connectivity index (χ1) is 11.2. The first kappa shape index (κ1) is 17.2. The summed E-state index contributed by atoms with van der Waals surface area (Å²) in [5.41, 5.74) is 1.81. The van der Waals surface area contributed by atoms with E-state index in [-0.39, 0.29) is 11.8 Å². The summed E-state index contributed by atoms with van der Waals surface area (Å²) in [7, 11) is 0. The van der Waals surface area contributed by atoms with Crippen molar-refractivity contribution in [3.63, 3.8) is 0 Å². The number of hydrogen-bond acceptors (Lipinski definition) is 3.